The summed E-state index contributed by atoms with van der Waals surface area (Å²) in [4.78, 5) is 0. The van der Waals surface area contributed by atoms with Gasteiger partial charge in [0.2, 0.25) is 0 Å². The van der Waals surface area contributed by atoms with Crippen LogP contribution in [0.2, 0.25) is 0 Å². The number of hydrogen-bond donors (Lipinski definition) is 2. The molecule has 0 spiro atoms. The van der Waals surface area contributed by atoms with E-state index in [0.29, 0.717) is 17.9 Å². The van der Waals surface area contributed by atoms with Gasteiger partial charge in [0.15, 0.2) is 0 Å². The second-order valence-electron chi connectivity index (χ2n) is 3.83. The molecule has 0 fully saturated rings. The smallest absolute Gasteiger partial charge is 0.389 e. The number of nitrogens with two attached hydrogens (primary N) is 1. The molecule has 1 aromatic rings. The summed E-state index contributed by atoms with van der Waals surface area (Å²) < 4.78 is 37.3. The fourth-order valence-corrected chi connectivity index (χ4v) is 1.56. The predicted molar refractivity (Wildman–Crippen MR) is 60.8 cm³/mol. The molecule has 0 saturated carbocycles. The second-order valence-corrected chi connectivity index (χ2v) is 3.83. The van der Waals surface area contributed by atoms with E-state index >= 15 is 0 Å². The van der Waals surface area contributed by atoms with E-state index in [1.54, 1.807) is 11.7 Å². The van der Waals surface area contributed by atoms with E-state index in [1.807, 2.05) is 6.92 Å². The Kier molecular flexibility index (Phi) is 4.25. The minimum Gasteiger partial charge on any atom is -0.394 e. The number of alkyl halides is 3. The van der Waals surface area contributed by atoms with Crippen molar-refractivity contribution in [3.05, 3.63) is 5.69 Å². The average Bonchev–Trinajstić information content (AvgIpc) is 2.48. The summed E-state index contributed by atoms with van der Waals surface area (Å²) in [6.45, 7) is 2.15. The summed E-state index contributed by atoms with van der Waals surface area (Å²) in [5.41, 5.74) is 7.09. The lowest BCUT2D eigenvalue weighted by Crippen LogP contribution is -2.12. The van der Waals surface area contributed by atoms with Crippen LogP contribution >= 0.6 is 0 Å². The number of rotatable bonds is 5. The number of halogens is 3. The molecule has 0 radical (unpaired) electrons. The average molecular weight is 250 g/mol. The second kappa shape index (κ2) is 5.29. The van der Waals surface area contributed by atoms with E-state index in [4.69, 9.17) is 5.73 Å². The Hall–Kier alpha value is -1.40. The first-order valence-electron chi connectivity index (χ1n) is 5.47. The Morgan fingerprint density at radius 3 is 2.53 bits per heavy atom. The van der Waals surface area contributed by atoms with E-state index < -0.39 is 12.6 Å². The van der Waals surface area contributed by atoms with Crippen molar-refractivity contribution >= 4 is 11.5 Å². The van der Waals surface area contributed by atoms with Gasteiger partial charge in [0, 0.05) is 20.0 Å². The van der Waals surface area contributed by atoms with Crippen LogP contribution in [0.15, 0.2) is 0 Å². The Morgan fingerprint density at radius 2 is 2.06 bits per heavy atom. The molecule has 17 heavy (non-hydrogen) atoms. The normalized spacial score (nSPS) is 11.8. The van der Waals surface area contributed by atoms with Crippen LogP contribution in [0.25, 0.3) is 0 Å². The minimum atomic E-state index is -4.10. The van der Waals surface area contributed by atoms with E-state index in [-0.39, 0.29) is 13.0 Å². The van der Waals surface area contributed by atoms with Crippen LogP contribution < -0.4 is 11.1 Å². The lowest BCUT2D eigenvalue weighted by atomic mass is 10.3. The van der Waals surface area contributed by atoms with Gasteiger partial charge in [0.05, 0.1) is 11.4 Å². The molecule has 0 aliphatic carbocycles. The van der Waals surface area contributed by atoms with Crippen LogP contribution in [0.1, 0.15) is 25.5 Å². The number of nitrogens with one attached hydrogen (secondary N) is 1. The maximum atomic E-state index is 11.9. The van der Waals surface area contributed by atoms with Gasteiger partial charge in [0.1, 0.15) is 5.82 Å². The van der Waals surface area contributed by atoms with Crippen molar-refractivity contribution in [3.8, 4) is 0 Å². The molecular formula is C10H17F3N4. The van der Waals surface area contributed by atoms with Crippen LogP contribution in [0, 0.1) is 0 Å². The van der Waals surface area contributed by atoms with Gasteiger partial charge < -0.3 is 11.1 Å². The lowest BCUT2D eigenvalue weighted by molar-refractivity contribution is -0.134. The van der Waals surface area contributed by atoms with Gasteiger partial charge in [-0.05, 0) is 12.8 Å². The third-order valence-corrected chi connectivity index (χ3v) is 2.42. The molecule has 1 rings (SSSR count). The van der Waals surface area contributed by atoms with Gasteiger partial charge in [-0.2, -0.15) is 18.3 Å². The highest BCUT2D eigenvalue weighted by Crippen LogP contribution is 2.24. The molecule has 0 aromatic carbocycles. The molecule has 1 heterocycles. The van der Waals surface area contributed by atoms with Crippen molar-refractivity contribution in [3.63, 3.8) is 0 Å². The third kappa shape index (κ3) is 3.83. The Morgan fingerprint density at radius 1 is 1.41 bits per heavy atom. The van der Waals surface area contributed by atoms with Crippen LogP contribution in [0.4, 0.5) is 24.7 Å². The van der Waals surface area contributed by atoms with Gasteiger partial charge in [-0.1, -0.05) is 6.92 Å². The molecule has 3 N–H and O–H groups in total. The lowest BCUT2D eigenvalue weighted by Gasteiger charge is -2.09. The number of anilines is 2. The molecule has 4 nitrogen and oxygen atoms in total. The number of aromatic nitrogens is 2. The van der Waals surface area contributed by atoms with Gasteiger partial charge in [-0.25, -0.2) is 0 Å². The Labute approximate surface area is 98.0 Å². The molecule has 1 aromatic heterocycles. The minimum absolute atomic E-state index is 0.0234. The highest BCUT2D eigenvalue weighted by molar-refractivity contribution is 5.64. The highest BCUT2D eigenvalue weighted by Gasteiger charge is 2.26. The van der Waals surface area contributed by atoms with E-state index in [9.17, 15) is 13.2 Å². The summed E-state index contributed by atoms with van der Waals surface area (Å²) in [7, 11) is 1.71. The maximum Gasteiger partial charge on any atom is 0.389 e. The summed E-state index contributed by atoms with van der Waals surface area (Å²) in [5.74, 6) is 0.587. The monoisotopic (exact) mass is 250 g/mol. The molecule has 0 saturated heterocycles. The maximum absolute atomic E-state index is 11.9. The highest BCUT2D eigenvalue weighted by atomic mass is 19.4. The first-order chi connectivity index (χ1) is 7.85. The van der Waals surface area contributed by atoms with Gasteiger partial charge >= 0.3 is 6.18 Å². The molecular weight excluding hydrogens is 233 g/mol. The van der Waals surface area contributed by atoms with Crippen molar-refractivity contribution in [2.75, 3.05) is 17.6 Å². The zero-order chi connectivity index (χ0) is 13.1. The van der Waals surface area contributed by atoms with Crippen molar-refractivity contribution in [1.82, 2.24) is 9.78 Å². The van der Waals surface area contributed by atoms with Crippen molar-refractivity contribution in [2.45, 2.75) is 32.4 Å². The fourth-order valence-electron chi connectivity index (χ4n) is 1.56. The number of nitrogens with zero attached hydrogens (tertiary/aromatic N) is 2. The van der Waals surface area contributed by atoms with Gasteiger partial charge in [-0.15, -0.1) is 0 Å². The molecule has 0 amide bonds. The van der Waals surface area contributed by atoms with Crippen molar-refractivity contribution < 1.29 is 13.2 Å². The molecule has 0 bridgehead atoms. The summed E-state index contributed by atoms with van der Waals surface area (Å²) in [6.07, 6.45) is -4.17. The van der Waals surface area contributed by atoms with Crippen molar-refractivity contribution in [2.24, 2.45) is 7.05 Å². The SMILES string of the molecule is CCc1nn(C)c(NCCCC(F)(F)F)c1N. The number of nitrogen functional groups attached to an aromatic ring is 1. The van der Waals surface area contributed by atoms with Crippen molar-refractivity contribution in [1.29, 1.82) is 0 Å². The van der Waals surface area contributed by atoms with Gasteiger partial charge in [0.25, 0.3) is 0 Å². The topological polar surface area (TPSA) is 55.9 Å². The first kappa shape index (κ1) is 13.7. The predicted octanol–water partition coefficient (Wildman–Crippen LogP) is 2.32. The molecule has 0 atom stereocenters. The summed E-state index contributed by atoms with van der Waals surface area (Å²) in [6, 6.07) is 0. The molecule has 0 unspecified atom stereocenters. The quantitative estimate of drug-likeness (QED) is 0.788. The largest absolute Gasteiger partial charge is 0.394 e. The zero-order valence-corrected chi connectivity index (χ0v) is 9.93. The third-order valence-electron chi connectivity index (χ3n) is 2.42. The van der Waals surface area contributed by atoms with Crippen LogP contribution in [-0.2, 0) is 13.5 Å². The Bertz CT molecular complexity index is 370. The molecule has 98 valence electrons. The Balaban J connectivity index is 2.50. The van der Waals surface area contributed by atoms with E-state index in [1.165, 1.54) is 0 Å². The first-order valence-corrected chi connectivity index (χ1v) is 5.47. The standard InChI is InChI=1S/C10H17F3N4/c1-3-7-8(14)9(17(2)16-7)15-6-4-5-10(11,12)13/h15H,3-6,14H2,1-2H3. The number of aryl methyl sites for hydroxylation is 2. The summed E-state index contributed by atoms with van der Waals surface area (Å²) in [5, 5.41) is 7.05. The molecule has 0 aliphatic rings. The van der Waals surface area contributed by atoms with Crippen LogP contribution in [-0.4, -0.2) is 22.5 Å². The molecule has 0 aliphatic heterocycles. The fraction of sp³-hybridized carbons (Fsp3) is 0.700. The summed E-state index contributed by atoms with van der Waals surface area (Å²) >= 11 is 0. The number of hydrogen-bond acceptors (Lipinski definition) is 3. The molecule has 7 heteroatoms. The van der Waals surface area contributed by atoms with E-state index in [2.05, 4.69) is 10.4 Å². The zero-order valence-electron chi connectivity index (χ0n) is 9.93. The van der Waals surface area contributed by atoms with Crippen LogP contribution in [0.5, 0.6) is 0 Å². The van der Waals surface area contributed by atoms with Crippen LogP contribution in [0.3, 0.4) is 0 Å². The van der Waals surface area contributed by atoms with E-state index in [0.717, 1.165) is 5.69 Å². The van der Waals surface area contributed by atoms with Gasteiger partial charge in [-0.3, -0.25) is 4.68 Å².